The first-order chi connectivity index (χ1) is 16.5. The second-order valence-corrected chi connectivity index (χ2v) is 8.79. The summed E-state index contributed by atoms with van der Waals surface area (Å²) < 4.78 is 11.1. The molecule has 3 rings (SSSR count). The lowest BCUT2D eigenvalue weighted by atomic mass is 9.87. The Balaban J connectivity index is 1.81. The molecule has 1 amide bonds. The van der Waals surface area contributed by atoms with Gasteiger partial charge in [-0.3, -0.25) is 4.79 Å². The number of ether oxygens (including phenoxy) is 2. The van der Waals surface area contributed by atoms with E-state index in [9.17, 15) is 4.79 Å². The van der Waals surface area contributed by atoms with Crippen LogP contribution in [0.1, 0.15) is 57.1 Å². The number of carbonyl (C=O) groups is 1. The van der Waals surface area contributed by atoms with Crippen LogP contribution in [0.2, 0.25) is 0 Å². The number of rotatable bonds is 13. The fraction of sp³-hybridized carbons (Fsp3) is 0.464. The summed E-state index contributed by atoms with van der Waals surface area (Å²) in [5.74, 6) is 1.34. The number of aromatic amines is 1. The van der Waals surface area contributed by atoms with E-state index in [1.807, 2.05) is 36.5 Å². The van der Waals surface area contributed by atoms with E-state index < -0.39 is 0 Å². The van der Waals surface area contributed by atoms with Crippen LogP contribution in [0.4, 0.5) is 0 Å². The van der Waals surface area contributed by atoms with Crippen molar-refractivity contribution in [2.75, 3.05) is 33.9 Å². The average Bonchev–Trinajstić information content (AvgIpc) is 3.29. The van der Waals surface area contributed by atoms with Gasteiger partial charge in [-0.2, -0.15) is 0 Å². The lowest BCUT2D eigenvalue weighted by Crippen LogP contribution is -2.34. The number of methoxy groups -OCH3 is 2. The van der Waals surface area contributed by atoms with Crippen molar-refractivity contribution in [1.82, 2.24) is 15.2 Å². The summed E-state index contributed by atoms with van der Waals surface area (Å²) in [6.07, 6.45) is 4.39. The Kier molecular flexibility index (Phi) is 9.40. The van der Waals surface area contributed by atoms with Gasteiger partial charge in [0.25, 0.3) is 0 Å². The smallest absolute Gasteiger partial charge is 0.221 e. The largest absolute Gasteiger partial charge is 0.497 e. The summed E-state index contributed by atoms with van der Waals surface area (Å²) in [4.78, 5) is 19.0. The molecule has 6 nitrogen and oxygen atoms in total. The number of hydrogen-bond donors (Lipinski definition) is 2. The van der Waals surface area contributed by atoms with Crippen molar-refractivity contribution >= 4 is 16.8 Å². The molecule has 2 atom stereocenters. The number of fused-ring (bicyclic) bond motifs is 1. The second-order valence-electron chi connectivity index (χ2n) is 8.79. The molecule has 0 aliphatic rings. The fourth-order valence-corrected chi connectivity index (χ4v) is 4.63. The first-order valence-electron chi connectivity index (χ1n) is 12.3. The topological polar surface area (TPSA) is 66.6 Å². The first-order valence-corrected chi connectivity index (χ1v) is 12.3. The standard InChI is InChI=1S/C28H39N3O3/c1-6-31(7-2)16-10-11-20(3)30-28(32)18-24(23-15-14-21(33-4)17-27(23)34-5)25-19-29-26-13-9-8-12-22(25)26/h8-9,12-15,17,19-20,24,29H,6-7,10-11,16,18H2,1-5H3,(H,30,32). The minimum absolute atomic E-state index is 0.0449. The molecule has 2 aromatic carbocycles. The maximum Gasteiger partial charge on any atom is 0.221 e. The molecule has 0 bridgehead atoms. The zero-order valence-electron chi connectivity index (χ0n) is 21.2. The van der Waals surface area contributed by atoms with E-state index in [4.69, 9.17) is 9.47 Å². The maximum absolute atomic E-state index is 13.2. The van der Waals surface area contributed by atoms with Crippen LogP contribution in [-0.2, 0) is 4.79 Å². The first kappa shape index (κ1) is 25.6. The summed E-state index contributed by atoms with van der Waals surface area (Å²) in [6.45, 7) is 9.66. The van der Waals surface area contributed by atoms with Crippen molar-refractivity contribution in [3.05, 3.63) is 59.8 Å². The Hall–Kier alpha value is -2.99. The summed E-state index contributed by atoms with van der Waals surface area (Å²) >= 11 is 0. The molecule has 0 saturated heterocycles. The van der Waals surface area contributed by atoms with Crippen molar-refractivity contribution in [1.29, 1.82) is 0 Å². The molecule has 0 spiro atoms. The predicted molar refractivity (Wildman–Crippen MR) is 139 cm³/mol. The van der Waals surface area contributed by atoms with Gasteiger partial charge < -0.3 is 24.7 Å². The van der Waals surface area contributed by atoms with E-state index in [1.165, 1.54) is 0 Å². The van der Waals surface area contributed by atoms with Crippen molar-refractivity contribution in [3.8, 4) is 11.5 Å². The van der Waals surface area contributed by atoms with Crippen LogP contribution in [0.25, 0.3) is 10.9 Å². The van der Waals surface area contributed by atoms with Crippen LogP contribution in [0, 0.1) is 0 Å². The third-order valence-electron chi connectivity index (χ3n) is 6.62. The van der Waals surface area contributed by atoms with Crippen LogP contribution in [0.3, 0.4) is 0 Å². The van der Waals surface area contributed by atoms with Gasteiger partial charge >= 0.3 is 0 Å². The molecule has 2 N–H and O–H groups in total. The van der Waals surface area contributed by atoms with E-state index in [-0.39, 0.29) is 17.9 Å². The average molecular weight is 466 g/mol. The summed E-state index contributed by atoms with van der Waals surface area (Å²) in [6, 6.07) is 14.1. The normalized spacial score (nSPS) is 13.1. The Morgan fingerprint density at radius 2 is 1.82 bits per heavy atom. The number of hydrogen-bond acceptors (Lipinski definition) is 4. The van der Waals surface area contributed by atoms with Crippen molar-refractivity contribution in [3.63, 3.8) is 0 Å². The molecule has 2 unspecified atom stereocenters. The molecule has 0 aliphatic heterocycles. The van der Waals surface area contributed by atoms with Crippen molar-refractivity contribution < 1.29 is 14.3 Å². The molecule has 0 fully saturated rings. The predicted octanol–water partition coefficient (Wildman–Crippen LogP) is 5.33. The van der Waals surface area contributed by atoms with Crippen molar-refractivity contribution in [2.24, 2.45) is 0 Å². The lowest BCUT2D eigenvalue weighted by Gasteiger charge is -2.22. The molecule has 34 heavy (non-hydrogen) atoms. The molecule has 184 valence electrons. The molecule has 3 aromatic rings. The number of nitrogens with one attached hydrogen (secondary N) is 2. The molecular weight excluding hydrogens is 426 g/mol. The van der Waals surface area contributed by atoms with Gasteiger partial charge in [0.15, 0.2) is 0 Å². The number of amides is 1. The van der Waals surface area contributed by atoms with E-state index in [0.29, 0.717) is 6.42 Å². The highest BCUT2D eigenvalue weighted by molar-refractivity contribution is 5.86. The van der Waals surface area contributed by atoms with Gasteiger partial charge in [-0.05, 0) is 57.1 Å². The van der Waals surface area contributed by atoms with Crippen LogP contribution >= 0.6 is 0 Å². The van der Waals surface area contributed by atoms with Crippen molar-refractivity contribution in [2.45, 2.75) is 52.0 Å². The van der Waals surface area contributed by atoms with Gasteiger partial charge in [0, 0.05) is 47.1 Å². The van der Waals surface area contributed by atoms with Crippen LogP contribution in [-0.4, -0.2) is 55.7 Å². The van der Waals surface area contributed by atoms with Gasteiger partial charge in [0.05, 0.1) is 14.2 Å². The van der Waals surface area contributed by atoms with Gasteiger partial charge in [-0.15, -0.1) is 0 Å². The summed E-state index contributed by atoms with van der Waals surface area (Å²) in [7, 11) is 3.29. The minimum atomic E-state index is -0.153. The van der Waals surface area contributed by atoms with Gasteiger partial charge in [-0.1, -0.05) is 38.1 Å². The van der Waals surface area contributed by atoms with E-state index in [2.05, 4.69) is 48.1 Å². The van der Waals surface area contributed by atoms with E-state index in [1.54, 1.807) is 14.2 Å². The number of H-pyrrole nitrogens is 1. The number of carbonyl (C=O) groups excluding carboxylic acids is 1. The molecule has 1 heterocycles. The Bertz CT molecular complexity index is 1060. The van der Waals surface area contributed by atoms with E-state index in [0.717, 1.165) is 66.0 Å². The Morgan fingerprint density at radius 3 is 2.53 bits per heavy atom. The third kappa shape index (κ3) is 6.32. The Morgan fingerprint density at radius 1 is 1.06 bits per heavy atom. The quantitative estimate of drug-likeness (QED) is 0.358. The summed E-state index contributed by atoms with van der Waals surface area (Å²) in [5.41, 5.74) is 3.11. The second kappa shape index (κ2) is 12.5. The highest BCUT2D eigenvalue weighted by atomic mass is 16.5. The van der Waals surface area contributed by atoms with Crippen LogP contribution in [0.5, 0.6) is 11.5 Å². The van der Waals surface area contributed by atoms with Gasteiger partial charge in [0.2, 0.25) is 5.91 Å². The molecule has 1 aromatic heterocycles. The SMILES string of the molecule is CCN(CC)CCCC(C)NC(=O)CC(c1ccc(OC)cc1OC)c1c[nH]c2ccccc12. The zero-order chi connectivity index (χ0) is 24.5. The monoisotopic (exact) mass is 465 g/mol. The maximum atomic E-state index is 13.2. The zero-order valence-corrected chi connectivity index (χ0v) is 21.2. The number of nitrogens with zero attached hydrogens (tertiary/aromatic N) is 1. The highest BCUT2D eigenvalue weighted by Gasteiger charge is 2.25. The van der Waals surface area contributed by atoms with Crippen LogP contribution in [0.15, 0.2) is 48.7 Å². The minimum Gasteiger partial charge on any atom is -0.497 e. The van der Waals surface area contributed by atoms with Gasteiger partial charge in [-0.25, -0.2) is 0 Å². The lowest BCUT2D eigenvalue weighted by molar-refractivity contribution is -0.121. The molecule has 0 radical (unpaired) electrons. The highest BCUT2D eigenvalue weighted by Crippen LogP contribution is 2.39. The molecular formula is C28H39N3O3. The number of aromatic nitrogens is 1. The fourth-order valence-electron chi connectivity index (χ4n) is 4.63. The molecule has 6 heteroatoms. The summed E-state index contributed by atoms with van der Waals surface area (Å²) in [5, 5.41) is 4.34. The number of benzene rings is 2. The molecule has 0 aliphatic carbocycles. The third-order valence-corrected chi connectivity index (χ3v) is 6.62. The molecule has 0 saturated carbocycles. The van der Waals surface area contributed by atoms with Gasteiger partial charge in [0.1, 0.15) is 11.5 Å². The number of para-hydroxylation sites is 1. The Labute approximate surface area is 203 Å². The van der Waals surface area contributed by atoms with Crippen LogP contribution < -0.4 is 14.8 Å². The van der Waals surface area contributed by atoms with E-state index >= 15 is 0 Å².